The van der Waals surface area contributed by atoms with Crippen LogP contribution in [0.25, 0.3) is 27.8 Å². The molecular weight excluding hydrogens is 315 g/mol. The number of hydrogen-bond donors (Lipinski definition) is 0. The first-order valence-corrected chi connectivity index (χ1v) is 7.30. The Hall–Kier alpha value is -2.79. The Kier molecular flexibility index (Phi) is 3.28. The van der Waals surface area contributed by atoms with E-state index in [4.69, 9.17) is 11.6 Å². The Morgan fingerprint density at radius 2 is 1.74 bits per heavy atom. The summed E-state index contributed by atoms with van der Waals surface area (Å²) in [6.45, 7) is 0. The molecule has 3 heterocycles. The van der Waals surface area contributed by atoms with Crippen LogP contribution in [-0.2, 0) is 0 Å². The Labute approximate surface area is 136 Å². The second-order valence-corrected chi connectivity index (χ2v) is 5.39. The fourth-order valence-corrected chi connectivity index (χ4v) is 2.72. The van der Waals surface area contributed by atoms with E-state index in [1.807, 2.05) is 6.07 Å². The van der Waals surface area contributed by atoms with E-state index in [-0.39, 0.29) is 5.82 Å². The van der Waals surface area contributed by atoms with Crippen molar-refractivity contribution in [3.8, 4) is 16.8 Å². The number of hydrogen-bond acceptors (Lipinski definition) is 3. The maximum atomic E-state index is 13.1. The molecule has 6 heteroatoms. The molecule has 0 atom stereocenters. The fourth-order valence-electron chi connectivity index (χ4n) is 2.51. The molecule has 0 unspecified atom stereocenters. The summed E-state index contributed by atoms with van der Waals surface area (Å²) in [5, 5.41) is 5.85. The molecule has 0 saturated carbocycles. The van der Waals surface area contributed by atoms with Crippen LogP contribution in [0.1, 0.15) is 0 Å². The first kappa shape index (κ1) is 13.8. The monoisotopic (exact) mass is 324 g/mol. The van der Waals surface area contributed by atoms with E-state index in [2.05, 4.69) is 15.1 Å². The first-order chi connectivity index (χ1) is 11.2. The van der Waals surface area contributed by atoms with Crippen LogP contribution in [0.15, 0.2) is 61.2 Å². The van der Waals surface area contributed by atoms with Gasteiger partial charge in [-0.1, -0.05) is 11.6 Å². The molecule has 0 radical (unpaired) electrons. The van der Waals surface area contributed by atoms with E-state index in [0.717, 1.165) is 22.2 Å². The van der Waals surface area contributed by atoms with Gasteiger partial charge in [-0.05, 0) is 42.0 Å². The van der Waals surface area contributed by atoms with Crippen molar-refractivity contribution in [3.63, 3.8) is 0 Å². The van der Waals surface area contributed by atoms with E-state index < -0.39 is 0 Å². The van der Waals surface area contributed by atoms with Gasteiger partial charge in [0.2, 0.25) is 0 Å². The molecule has 0 amide bonds. The second-order valence-electron chi connectivity index (χ2n) is 4.98. The molecule has 1 aromatic carbocycles. The average Bonchev–Trinajstić information content (AvgIpc) is 3.00. The van der Waals surface area contributed by atoms with Crippen LogP contribution in [0, 0.1) is 5.82 Å². The van der Waals surface area contributed by atoms with Gasteiger partial charge in [0.25, 0.3) is 0 Å². The predicted octanol–water partition coefficient (Wildman–Crippen LogP) is 4.28. The topological polar surface area (TPSA) is 43.6 Å². The normalized spacial score (nSPS) is 11.0. The smallest absolute Gasteiger partial charge is 0.163 e. The molecule has 0 aliphatic heterocycles. The number of rotatable bonds is 2. The third-order valence-electron chi connectivity index (χ3n) is 3.60. The van der Waals surface area contributed by atoms with Crippen molar-refractivity contribution in [1.82, 2.24) is 19.7 Å². The summed E-state index contributed by atoms with van der Waals surface area (Å²) in [6, 6.07) is 9.73. The van der Waals surface area contributed by atoms with Crippen molar-refractivity contribution in [1.29, 1.82) is 0 Å². The summed E-state index contributed by atoms with van der Waals surface area (Å²) < 4.78 is 14.8. The van der Waals surface area contributed by atoms with Crippen LogP contribution >= 0.6 is 11.6 Å². The number of fused-ring (bicyclic) bond motifs is 1. The summed E-state index contributed by atoms with van der Waals surface area (Å²) in [7, 11) is 0. The van der Waals surface area contributed by atoms with E-state index in [1.54, 1.807) is 47.7 Å². The van der Waals surface area contributed by atoms with Gasteiger partial charge in [-0.3, -0.25) is 4.98 Å². The molecule has 0 aliphatic rings. The van der Waals surface area contributed by atoms with Crippen molar-refractivity contribution < 1.29 is 4.39 Å². The molecular formula is C17H10ClFN4. The Morgan fingerprint density at radius 1 is 0.913 bits per heavy atom. The quantitative estimate of drug-likeness (QED) is 0.553. The number of halogens is 2. The summed E-state index contributed by atoms with van der Waals surface area (Å²) in [5.74, 6) is -0.291. The van der Waals surface area contributed by atoms with Crippen molar-refractivity contribution in [2.24, 2.45) is 0 Å². The van der Waals surface area contributed by atoms with Crippen LogP contribution < -0.4 is 0 Å². The van der Waals surface area contributed by atoms with Crippen LogP contribution in [0.2, 0.25) is 5.02 Å². The highest BCUT2D eigenvalue weighted by molar-refractivity contribution is 6.33. The van der Waals surface area contributed by atoms with Gasteiger partial charge in [0, 0.05) is 29.5 Å². The molecule has 0 bridgehead atoms. The average molecular weight is 325 g/mol. The number of pyridine rings is 2. The molecule has 23 heavy (non-hydrogen) atoms. The zero-order valence-corrected chi connectivity index (χ0v) is 12.6. The maximum absolute atomic E-state index is 13.1. The molecule has 0 spiro atoms. The summed E-state index contributed by atoms with van der Waals surface area (Å²) in [6.07, 6.45) is 6.78. The highest BCUT2D eigenvalue weighted by Crippen LogP contribution is 2.32. The first-order valence-electron chi connectivity index (χ1n) is 6.92. The van der Waals surface area contributed by atoms with Crippen molar-refractivity contribution >= 4 is 22.6 Å². The van der Waals surface area contributed by atoms with Crippen LogP contribution in [0.3, 0.4) is 0 Å². The molecule has 0 aliphatic carbocycles. The molecule has 4 nitrogen and oxygen atoms in total. The minimum Gasteiger partial charge on any atom is -0.264 e. The van der Waals surface area contributed by atoms with E-state index in [1.165, 1.54) is 12.1 Å². The van der Waals surface area contributed by atoms with Gasteiger partial charge in [-0.25, -0.2) is 14.1 Å². The van der Waals surface area contributed by atoms with E-state index in [9.17, 15) is 4.39 Å². The molecule has 0 N–H and O–H groups in total. The Balaban J connectivity index is 1.94. The standard InChI is InChI=1S/C17H10ClFN4/c18-16-6-7-20-9-14(16)13-5-8-21-17-15(13)10-22-23(17)12-3-1-11(19)2-4-12/h1-10H. The van der Waals surface area contributed by atoms with Gasteiger partial charge in [0.05, 0.1) is 16.9 Å². The number of aromatic nitrogens is 4. The highest BCUT2D eigenvalue weighted by atomic mass is 35.5. The van der Waals surface area contributed by atoms with Gasteiger partial charge in [-0.15, -0.1) is 0 Å². The third kappa shape index (κ3) is 2.35. The molecule has 4 aromatic rings. The van der Waals surface area contributed by atoms with Crippen LogP contribution in [-0.4, -0.2) is 19.7 Å². The lowest BCUT2D eigenvalue weighted by Gasteiger charge is -2.06. The Morgan fingerprint density at radius 3 is 2.52 bits per heavy atom. The molecule has 3 aromatic heterocycles. The minimum atomic E-state index is -0.291. The Bertz CT molecular complexity index is 995. The largest absolute Gasteiger partial charge is 0.264 e. The number of nitrogens with zero attached hydrogens (tertiary/aromatic N) is 4. The predicted molar refractivity (Wildman–Crippen MR) is 87.1 cm³/mol. The van der Waals surface area contributed by atoms with Gasteiger partial charge < -0.3 is 0 Å². The van der Waals surface area contributed by atoms with E-state index in [0.29, 0.717) is 10.7 Å². The van der Waals surface area contributed by atoms with Gasteiger partial charge in [0.1, 0.15) is 5.82 Å². The van der Waals surface area contributed by atoms with E-state index >= 15 is 0 Å². The summed E-state index contributed by atoms with van der Waals surface area (Å²) >= 11 is 6.27. The lowest BCUT2D eigenvalue weighted by molar-refractivity contribution is 0.627. The third-order valence-corrected chi connectivity index (χ3v) is 3.93. The van der Waals surface area contributed by atoms with Crippen LogP contribution in [0.4, 0.5) is 4.39 Å². The van der Waals surface area contributed by atoms with Crippen molar-refractivity contribution in [2.75, 3.05) is 0 Å². The summed E-state index contributed by atoms with van der Waals surface area (Å²) in [4.78, 5) is 8.53. The highest BCUT2D eigenvalue weighted by Gasteiger charge is 2.13. The second kappa shape index (κ2) is 5.44. The molecule has 0 fully saturated rings. The fraction of sp³-hybridized carbons (Fsp3) is 0. The molecule has 4 rings (SSSR count). The van der Waals surface area contributed by atoms with Gasteiger partial charge in [-0.2, -0.15) is 5.10 Å². The zero-order valence-electron chi connectivity index (χ0n) is 11.8. The lowest BCUT2D eigenvalue weighted by Crippen LogP contribution is -1.97. The van der Waals surface area contributed by atoms with Gasteiger partial charge in [0.15, 0.2) is 5.65 Å². The van der Waals surface area contributed by atoms with Gasteiger partial charge >= 0.3 is 0 Å². The maximum Gasteiger partial charge on any atom is 0.163 e. The summed E-state index contributed by atoms with van der Waals surface area (Å²) in [5.41, 5.74) is 3.14. The molecule has 0 saturated heterocycles. The zero-order chi connectivity index (χ0) is 15.8. The van der Waals surface area contributed by atoms with Crippen molar-refractivity contribution in [2.45, 2.75) is 0 Å². The van der Waals surface area contributed by atoms with Crippen LogP contribution in [0.5, 0.6) is 0 Å². The minimum absolute atomic E-state index is 0.291. The SMILES string of the molecule is Fc1ccc(-n2ncc3c(-c4cnccc4Cl)ccnc32)cc1. The van der Waals surface area contributed by atoms with Crippen molar-refractivity contribution in [3.05, 3.63) is 72.0 Å². The molecule has 112 valence electrons. The number of benzene rings is 1. The lowest BCUT2D eigenvalue weighted by atomic mass is 10.1.